The van der Waals surface area contributed by atoms with Gasteiger partial charge in [0.2, 0.25) is 23.6 Å². The number of carboxylic acids is 1. The van der Waals surface area contributed by atoms with Gasteiger partial charge in [-0.15, -0.1) is 5.10 Å². The highest BCUT2D eigenvalue weighted by Gasteiger charge is 2.35. The molecule has 1 aliphatic heterocycles. The molecule has 1 aliphatic carbocycles. The zero-order chi connectivity index (χ0) is 58.0. The van der Waals surface area contributed by atoms with E-state index in [-0.39, 0.29) is 60.1 Å². The van der Waals surface area contributed by atoms with E-state index in [1.54, 1.807) is 13.3 Å². The smallest absolute Gasteiger partial charge is 0.303 e. The van der Waals surface area contributed by atoms with Crippen molar-refractivity contribution in [2.45, 2.75) is 136 Å². The van der Waals surface area contributed by atoms with Crippen LogP contribution in [-0.2, 0) is 32.1 Å². The Hall–Kier alpha value is -6.71. The first-order valence-electron chi connectivity index (χ1n) is 29.4. The van der Waals surface area contributed by atoms with Gasteiger partial charge in [-0.2, -0.15) is 0 Å². The van der Waals surface area contributed by atoms with Gasteiger partial charge in [0.15, 0.2) is 0 Å². The molecule has 2 aliphatic rings. The van der Waals surface area contributed by atoms with Gasteiger partial charge >= 0.3 is 5.97 Å². The highest BCUT2D eigenvalue weighted by atomic mass is 16.5. The second-order valence-corrected chi connectivity index (χ2v) is 22.6. The Kier molecular flexibility index (Phi) is 26.1. The molecule has 0 unspecified atom stereocenters. The molecule has 8 N–H and O–H groups in total. The number of aryl methyl sites for hydroxylation is 3. The third-order valence-corrected chi connectivity index (χ3v) is 15.3. The first-order valence-corrected chi connectivity index (χ1v) is 29.4. The summed E-state index contributed by atoms with van der Waals surface area (Å²) in [6.07, 6.45) is 15.8. The molecule has 1 saturated heterocycles. The van der Waals surface area contributed by atoms with E-state index in [1.807, 2.05) is 76.1 Å². The summed E-state index contributed by atoms with van der Waals surface area (Å²) in [6.45, 7) is 13.0. The van der Waals surface area contributed by atoms with Crippen LogP contribution >= 0.6 is 0 Å². The van der Waals surface area contributed by atoms with Crippen LogP contribution in [0.25, 0.3) is 0 Å². The number of amides is 4. The molecule has 21 heteroatoms. The van der Waals surface area contributed by atoms with E-state index in [1.165, 1.54) is 0 Å². The molecular weight excluding hydrogens is 1030 g/mol. The number of rotatable bonds is 38. The minimum atomic E-state index is -0.787. The van der Waals surface area contributed by atoms with Gasteiger partial charge in [0.1, 0.15) is 11.6 Å². The van der Waals surface area contributed by atoms with Crippen LogP contribution in [0.4, 0.5) is 11.5 Å². The van der Waals surface area contributed by atoms with Crippen LogP contribution in [0, 0.1) is 24.2 Å². The highest BCUT2D eigenvalue weighted by Crippen LogP contribution is 2.45. The van der Waals surface area contributed by atoms with Crippen molar-refractivity contribution in [3.8, 4) is 11.6 Å². The standard InChI is InChI=1S/C60H91N13O8/c1-44-12-11-14-53(67-44)73(59(79)50-19-18-49(80-4)39-52(50)71-35-21-45(22-36-71)42-81-57-38-47(20-28-66-57)51(40-58(77)78)46-16-17-46)43-60(2,3)25-9-5-6-10-32-72-41-48(68-69-72)13-7-8-15-54(74)65-31-37-70(33-23-55(75)63-29-26-61)34-24-56(76)64-30-27-62/h11-12,14,18-20,28,38-39,41,45-46,51H,5-10,13,15-17,21-27,29-37,40,42-43,61-62H2,1-4H3,(H,63,75)(H,64,76)(H,65,74)(H,77,78)/t51-/m0/s1. The number of nitrogens with one attached hydrogen (secondary N) is 3. The quantitative estimate of drug-likeness (QED) is 0.0279. The van der Waals surface area contributed by atoms with Gasteiger partial charge < -0.3 is 51.8 Å². The third kappa shape index (κ3) is 22.3. The predicted molar refractivity (Wildman–Crippen MR) is 313 cm³/mol. The Morgan fingerprint density at radius 3 is 2.21 bits per heavy atom. The maximum atomic E-state index is 15.0. The fourth-order valence-electron chi connectivity index (χ4n) is 10.5. The van der Waals surface area contributed by atoms with Gasteiger partial charge in [-0.1, -0.05) is 44.4 Å². The number of carbonyl (C=O) groups is 5. The average Bonchev–Trinajstić information content (AvgIpc) is 4.22. The van der Waals surface area contributed by atoms with Crippen LogP contribution in [0.1, 0.15) is 143 Å². The maximum Gasteiger partial charge on any atom is 0.303 e. The minimum Gasteiger partial charge on any atom is -0.497 e. The normalized spacial score (nSPS) is 14.1. The largest absolute Gasteiger partial charge is 0.497 e. The van der Waals surface area contributed by atoms with Crippen molar-refractivity contribution < 1.29 is 38.6 Å². The lowest BCUT2D eigenvalue weighted by molar-refractivity contribution is -0.137. The molecule has 2 fully saturated rings. The number of nitrogens with two attached hydrogens (primary N) is 2. The zero-order valence-corrected chi connectivity index (χ0v) is 48.5. The molecule has 21 nitrogen and oxygen atoms in total. The number of carboxylic acid groups (broad SMARTS) is 1. The molecular formula is C60H91N13O8. The van der Waals surface area contributed by atoms with Crippen molar-refractivity contribution in [2.75, 3.05) is 95.5 Å². The number of aromatic nitrogens is 5. The van der Waals surface area contributed by atoms with Crippen LogP contribution in [-0.4, -0.2) is 150 Å². The molecule has 0 bridgehead atoms. The molecule has 0 spiro atoms. The second-order valence-electron chi connectivity index (χ2n) is 22.6. The number of anilines is 2. The molecule has 4 aromatic rings. The summed E-state index contributed by atoms with van der Waals surface area (Å²) >= 11 is 0. The topological polar surface area (TPSA) is 278 Å². The third-order valence-electron chi connectivity index (χ3n) is 15.3. The van der Waals surface area contributed by atoms with Gasteiger partial charge in [-0.25, -0.2) is 9.97 Å². The van der Waals surface area contributed by atoms with Crippen LogP contribution in [0.15, 0.2) is 60.9 Å². The minimum absolute atomic E-state index is 0.0212. The first kappa shape index (κ1) is 63.5. The van der Waals surface area contributed by atoms with Gasteiger partial charge in [-0.05, 0) is 124 Å². The number of unbranched alkanes of at least 4 members (excludes halogenated alkanes) is 4. The van der Waals surface area contributed by atoms with E-state index in [0.29, 0.717) is 107 Å². The van der Waals surface area contributed by atoms with Crippen molar-refractivity contribution in [1.29, 1.82) is 0 Å². The average molecular weight is 1120 g/mol. The van der Waals surface area contributed by atoms with Gasteiger partial charge in [0.05, 0.1) is 37.1 Å². The van der Waals surface area contributed by atoms with Crippen molar-refractivity contribution in [1.82, 2.24) is 45.8 Å². The van der Waals surface area contributed by atoms with Crippen LogP contribution in [0.3, 0.4) is 0 Å². The van der Waals surface area contributed by atoms with Crippen LogP contribution in [0.2, 0.25) is 0 Å². The Balaban J connectivity index is 0.919. The molecule has 1 saturated carbocycles. The Morgan fingerprint density at radius 2 is 1.53 bits per heavy atom. The summed E-state index contributed by atoms with van der Waals surface area (Å²) in [7, 11) is 1.64. The number of methoxy groups -OCH3 is 1. The number of piperidine rings is 1. The molecule has 6 rings (SSSR count). The van der Waals surface area contributed by atoms with Crippen molar-refractivity contribution >= 4 is 41.1 Å². The molecule has 1 atom stereocenters. The number of pyridine rings is 2. The number of aliphatic carboxylic acids is 1. The number of benzene rings is 1. The lowest BCUT2D eigenvalue weighted by atomic mass is 9.86. The van der Waals surface area contributed by atoms with Crippen molar-refractivity contribution in [3.63, 3.8) is 0 Å². The number of carbonyl (C=O) groups excluding carboxylic acids is 4. The summed E-state index contributed by atoms with van der Waals surface area (Å²) in [5.74, 6) is 1.38. The summed E-state index contributed by atoms with van der Waals surface area (Å²) in [6, 6.07) is 15.4. The van der Waals surface area contributed by atoms with Gasteiger partial charge in [0.25, 0.3) is 5.91 Å². The monoisotopic (exact) mass is 1120 g/mol. The van der Waals surface area contributed by atoms with E-state index in [9.17, 15) is 24.3 Å². The lowest BCUT2D eigenvalue weighted by Crippen LogP contribution is -2.41. The van der Waals surface area contributed by atoms with E-state index < -0.39 is 5.97 Å². The van der Waals surface area contributed by atoms with E-state index in [2.05, 4.69) is 50.0 Å². The zero-order valence-electron chi connectivity index (χ0n) is 48.5. The van der Waals surface area contributed by atoms with E-state index >= 15 is 4.79 Å². The second kappa shape index (κ2) is 33.3. The van der Waals surface area contributed by atoms with E-state index in [4.69, 9.17) is 25.9 Å². The summed E-state index contributed by atoms with van der Waals surface area (Å²) in [4.78, 5) is 79.1. The van der Waals surface area contributed by atoms with Crippen LogP contribution in [0.5, 0.6) is 11.6 Å². The van der Waals surface area contributed by atoms with Gasteiger partial charge in [0, 0.05) is 128 Å². The number of hydrogen-bond acceptors (Lipinski definition) is 15. The number of nitrogens with zero attached hydrogens (tertiary/aromatic N) is 8. The number of ether oxygens (including phenoxy) is 2. The first-order chi connectivity index (χ1) is 39.1. The van der Waals surface area contributed by atoms with Crippen molar-refractivity contribution in [2.24, 2.45) is 28.7 Å². The molecule has 444 valence electrons. The van der Waals surface area contributed by atoms with Crippen LogP contribution < -0.4 is 46.7 Å². The van der Waals surface area contributed by atoms with Crippen molar-refractivity contribution in [3.05, 3.63) is 83.4 Å². The highest BCUT2D eigenvalue weighted by molar-refractivity contribution is 6.09. The Morgan fingerprint density at radius 1 is 0.827 bits per heavy atom. The Labute approximate surface area is 479 Å². The Bertz CT molecular complexity index is 2580. The lowest BCUT2D eigenvalue weighted by Gasteiger charge is -2.36. The summed E-state index contributed by atoms with van der Waals surface area (Å²) in [5.41, 5.74) is 14.9. The fraction of sp³-hybridized carbons (Fsp3) is 0.617. The molecule has 0 radical (unpaired) electrons. The van der Waals surface area contributed by atoms with Gasteiger partial charge in [-0.3, -0.25) is 33.6 Å². The van der Waals surface area contributed by atoms with E-state index in [0.717, 1.165) is 113 Å². The molecule has 4 amide bonds. The molecule has 3 aromatic heterocycles. The SMILES string of the molecule is COc1ccc(C(=O)N(CC(C)(C)CCCCCCn2cc(CCCCC(=O)NCCN(CCC(=O)NCCN)CCC(=O)NCCN)nn2)c2cccc(C)n2)c(N2CCC(COc3cc([C@@H](CC(=O)O)C4CC4)ccn3)CC2)c1. The molecule has 4 heterocycles. The summed E-state index contributed by atoms with van der Waals surface area (Å²) < 4.78 is 13.8. The predicted octanol–water partition coefficient (Wildman–Crippen LogP) is 6.03. The fourth-order valence-corrected chi connectivity index (χ4v) is 10.5. The summed E-state index contributed by atoms with van der Waals surface area (Å²) in [5, 5.41) is 26.8. The maximum absolute atomic E-state index is 15.0. The number of hydrogen-bond donors (Lipinski definition) is 6. The molecule has 81 heavy (non-hydrogen) atoms. The molecule has 1 aromatic carbocycles.